The third kappa shape index (κ3) is 2.74. The SMILES string of the molecule is CCOCc1cc(C)ccc1N(C)C. The third-order valence-electron chi connectivity index (χ3n) is 2.18. The van der Waals surface area contributed by atoms with Gasteiger partial charge in [0.25, 0.3) is 0 Å². The van der Waals surface area contributed by atoms with Crippen LogP contribution < -0.4 is 4.90 Å². The fraction of sp³-hybridized carbons (Fsp3) is 0.500. The van der Waals surface area contributed by atoms with Crippen molar-refractivity contribution in [2.75, 3.05) is 25.6 Å². The molecule has 0 aromatic heterocycles. The maximum atomic E-state index is 5.44. The molecule has 0 saturated heterocycles. The number of nitrogens with zero attached hydrogens (tertiary/aromatic N) is 1. The molecule has 1 aromatic carbocycles. The minimum Gasteiger partial charge on any atom is -0.377 e. The lowest BCUT2D eigenvalue weighted by Gasteiger charge is -2.17. The van der Waals surface area contributed by atoms with Crippen LogP contribution in [-0.4, -0.2) is 20.7 Å². The largest absolute Gasteiger partial charge is 0.377 e. The van der Waals surface area contributed by atoms with Gasteiger partial charge >= 0.3 is 0 Å². The minimum atomic E-state index is 0.700. The quantitative estimate of drug-likeness (QED) is 0.728. The van der Waals surface area contributed by atoms with Gasteiger partial charge in [0.1, 0.15) is 0 Å². The molecule has 0 aliphatic rings. The van der Waals surface area contributed by atoms with Gasteiger partial charge in [-0.2, -0.15) is 0 Å². The average Bonchev–Trinajstić information content (AvgIpc) is 2.14. The number of benzene rings is 1. The molecule has 0 saturated carbocycles. The molecule has 78 valence electrons. The van der Waals surface area contributed by atoms with Crippen molar-refractivity contribution in [2.24, 2.45) is 0 Å². The van der Waals surface area contributed by atoms with Crippen LogP contribution in [0.5, 0.6) is 0 Å². The fourth-order valence-corrected chi connectivity index (χ4v) is 1.48. The molecule has 1 rings (SSSR count). The molecule has 0 amide bonds. The summed E-state index contributed by atoms with van der Waals surface area (Å²) in [7, 11) is 4.11. The number of aryl methyl sites for hydroxylation is 1. The van der Waals surface area contributed by atoms with E-state index in [1.165, 1.54) is 16.8 Å². The zero-order chi connectivity index (χ0) is 10.6. The van der Waals surface area contributed by atoms with Gasteiger partial charge in [0.15, 0.2) is 0 Å². The zero-order valence-corrected chi connectivity index (χ0v) is 9.50. The first-order valence-corrected chi connectivity index (χ1v) is 4.99. The second-order valence-corrected chi connectivity index (χ2v) is 3.66. The first-order valence-electron chi connectivity index (χ1n) is 4.99. The van der Waals surface area contributed by atoms with Crippen LogP contribution in [0.15, 0.2) is 18.2 Å². The number of hydrogen-bond acceptors (Lipinski definition) is 2. The van der Waals surface area contributed by atoms with Crippen LogP contribution in [0.3, 0.4) is 0 Å². The van der Waals surface area contributed by atoms with Gasteiger partial charge in [0.05, 0.1) is 6.61 Å². The Hall–Kier alpha value is -1.02. The van der Waals surface area contributed by atoms with E-state index in [9.17, 15) is 0 Å². The molecule has 0 atom stereocenters. The third-order valence-corrected chi connectivity index (χ3v) is 2.18. The lowest BCUT2D eigenvalue weighted by atomic mass is 10.1. The molecule has 0 aliphatic carbocycles. The molecule has 2 heteroatoms. The second kappa shape index (κ2) is 5.01. The van der Waals surface area contributed by atoms with Crippen LogP contribution in [0.4, 0.5) is 5.69 Å². The lowest BCUT2D eigenvalue weighted by Crippen LogP contribution is -2.12. The molecular formula is C12H19NO. The highest BCUT2D eigenvalue weighted by atomic mass is 16.5. The molecule has 2 nitrogen and oxygen atoms in total. The van der Waals surface area contributed by atoms with Crippen molar-refractivity contribution >= 4 is 5.69 Å². The van der Waals surface area contributed by atoms with E-state index in [1.54, 1.807) is 0 Å². The Kier molecular flexibility index (Phi) is 3.96. The van der Waals surface area contributed by atoms with Crippen molar-refractivity contribution in [1.29, 1.82) is 0 Å². The Labute approximate surface area is 86.5 Å². The van der Waals surface area contributed by atoms with Gasteiger partial charge in [-0.15, -0.1) is 0 Å². The van der Waals surface area contributed by atoms with E-state index in [-0.39, 0.29) is 0 Å². The predicted molar refractivity (Wildman–Crippen MR) is 60.8 cm³/mol. The number of anilines is 1. The summed E-state index contributed by atoms with van der Waals surface area (Å²) >= 11 is 0. The highest BCUT2D eigenvalue weighted by Crippen LogP contribution is 2.20. The first-order chi connectivity index (χ1) is 6.65. The van der Waals surface area contributed by atoms with Crippen LogP contribution >= 0.6 is 0 Å². The zero-order valence-electron chi connectivity index (χ0n) is 9.50. The lowest BCUT2D eigenvalue weighted by molar-refractivity contribution is 0.134. The molecule has 0 N–H and O–H groups in total. The summed E-state index contributed by atoms with van der Waals surface area (Å²) in [6.07, 6.45) is 0. The predicted octanol–water partition coefficient (Wildman–Crippen LogP) is 2.60. The van der Waals surface area contributed by atoms with Gasteiger partial charge in [-0.25, -0.2) is 0 Å². The first kappa shape index (κ1) is 11.1. The van der Waals surface area contributed by atoms with E-state index in [2.05, 4.69) is 44.1 Å². The van der Waals surface area contributed by atoms with E-state index in [0.717, 1.165) is 6.61 Å². The Bertz CT molecular complexity index is 294. The van der Waals surface area contributed by atoms with Gasteiger partial charge in [-0.1, -0.05) is 17.7 Å². The van der Waals surface area contributed by atoms with Gasteiger partial charge in [-0.05, 0) is 19.9 Å². The number of rotatable bonds is 4. The van der Waals surface area contributed by atoms with Crippen molar-refractivity contribution in [2.45, 2.75) is 20.5 Å². The van der Waals surface area contributed by atoms with Crippen molar-refractivity contribution in [3.8, 4) is 0 Å². The summed E-state index contributed by atoms with van der Waals surface area (Å²) in [6.45, 7) is 5.59. The molecule has 0 fully saturated rings. The highest BCUT2D eigenvalue weighted by Gasteiger charge is 2.04. The summed E-state index contributed by atoms with van der Waals surface area (Å²) in [5.74, 6) is 0. The summed E-state index contributed by atoms with van der Waals surface area (Å²) in [5, 5.41) is 0. The average molecular weight is 193 g/mol. The van der Waals surface area contributed by atoms with Gasteiger partial charge < -0.3 is 9.64 Å². The Morgan fingerprint density at radius 2 is 2.00 bits per heavy atom. The summed E-state index contributed by atoms with van der Waals surface area (Å²) in [6, 6.07) is 6.46. The van der Waals surface area contributed by atoms with Crippen molar-refractivity contribution in [1.82, 2.24) is 0 Å². The van der Waals surface area contributed by atoms with E-state index < -0.39 is 0 Å². The van der Waals surface area contributed by atoms with Crippen molar-refractivity contribution in [3.63, 3.8) is 0 Å². The molecule has 0 spiro atoms. The molecule has 1 aromatic rings. The molecular weight excluding hydrogens is 174 g/mol. The van der Waals surface area contributed by atoms with Crippen LogP contribution in [0, 0.1) is 6.92 Å². The van der Waals surface area contributed by atoms with Crippen molar-refractivity contribution < 1.29 is 4.74 Å². The van der Waals surface area contributed by atoms with Gasteiger partial charge in [-0.3, -0.25) is 0 Å². The normalized spacial score (nSPS) is 10.3. The van der Waals surface area contributed by atoms with Crippen molar-refractivity contribution in [3.05, 3.63) is 29.3 Å². The van der Waals surface area contributed by atoms with E-state index in [1.807, 2.05) is 6.92 Å². The maximum Gasteiger partial charge on any atom is 0.0736 e. The topological polar surface area (TPSA) is 12.5 Å². The van der Waals surface area contributed by atoms with Gasteiger partial charge in [0, 0.05) is 32.0 Å². The van der Waals surface area contributed by atoms with Crippen LogP contribution in [0.25, 0.3) is 0 Å². The number of hydrogen-bond donors (Lipinski definition) is 0. The highest BCUT2D eigenvalue weighted by molar-refractivity contribution is 5.53. The molecule has 14 heavy (non-hydrogen) atoms. The Balaban J connectivity index is 2.91. The molecule has 0 heterocycles. The standard InChI is InChI=1S/C12H19NO/c1-5-14-9-11-8-10(2)6-7-12(11)13(3)4/h6-8H,5,9H2,1-4H3. The molecule has 0 aliphatic heterocycles. The molecule has 0 bridgehead atoms. The molecule has 0 unspecified atom stereocenters. The number of ether oxygens (including phenoxy) is 1. The Morgan fingerprint density at radius 3 is 2.57 bits per heavy atom. The maximum absolute atomic E-state index is 5.44. The second-order valence-electron chi connectivity index (χ2n) is 3.66. The van der Waals surface area contributed by atoms with E-state index >= 15 is 0 Å². The van der Waals surface area contributed by atoms with Gasteiger partial charge in [0.2, 0.25) is 0 Å². The minimum absolute atomic E-state index is 0.700. The smallest absolute Gasteiger partial charge is 0.0736 e. The van der Waals surface area contributed by atoms with E-state index in [4.69, 9.17) is 4.74 Å². The monoisotopic (exact) mass is 193 g/mol. The Morgan fingerprint density at radius 1 is 1.29 bits per heavy atom. The fourth-order valence-electron chi connectivity index (χ4n) is 1.48. The summed E-state index contributed by atoms with van der Waals surface area (Å²) in [4.78, 5) is 2.12. The van der Waals surface area contributed by atoms with E-state index in [0.29, 0.717) is 6.61 Å². The summed E-state index contributed by atoms with van der Waals surface area (Å²) < 4.78 is 5.44. The van der Waals surface area contributed by atoms with Crippen LogP contribution in [-0.2, 0) is 11.3 Å². The van der Waals surface area contributed by atoms with Crippen LogP contribution in [0.2, 0.25) is 0 Å². The van der Waals surface area contributed by atoms with Crippen LogP contribution in [0.1, 0.15) is 18.1 Å². The molecule has 0 radical (unpaired) electrons. The summed E-state index contributed by atoms with van der Waals surface area (Å²) in [5.41, 5.74) is 3.78.